The van der Waals surface area contributed by atoms with Crippen molar-refractivity contribution in [1.29, 1.82) is 0 Å². The fourth-order valence-corrected chi connectivity index (χ4v) is 1.35. The standard InChI is InChI=1S/C9H11N4O6P/c1-6(20(2,18)19)10-11-8-4-3-7(12(14)15)5-9(8)13(16)17/h3-5,11H,1-2H3,(H,18,19). The van der Waals surface area contributed by atoms with E-state index in [-0.39, 0.29) is 11.1 Å². The highest BCUT2D eigenvalue weighted by Gasteiger charge is 2.20. The lowest BCUT2D eigenvalue weighted by molar-refractivity contribution is -0.393. The van der Waals surface area contributed by atoms with E-state index in [1.165, 1.54) is 6.92 Å². The first-order chi connectivity index (χ1) is 9.12. The highest BCUT2D eigenvalue weighted by atomic mass is 31.2. The number of hydrogen-bond donors (Lipinski definition) is 2. The zero-order valence-corrected chi connectivity index (χ0v) is 11.4. The smallest absolute Gasteiger partial charge is 0.301 e. The molecule has 0 saturated carbocycles. The molecule has 1 atom stereocenters. The quantitative estimate of drug-likeness (QED) is 0.366. The van der Waals surface area contributed by atoms with Gasteiger partial charge in [0, 0.05) is 12.7 Å². The van der Waals surface area contributed by atoms with Gasteiger partial charge in [0.25, 0.3) is 5.69 Å². The molecule has 0 aliphatic carbocycles. The van der Waals surface area contributed by atoms with Crippen molar-refractivity contribution >= 4 is 29.9 Å². The molecular weight excluding hydrogens is 291 g/mol. The van der Waals surface area contributed by atoms with Gasteiger partial charge in [-0.15, -0.1) is 0 Å². The van der Waals surface area contributed by atoms with E-state index >= 15 is 0 Å². The van der Waals surface area contributed by atoms with E-state index in [2.05, 4.69) is 10.5 Å². The monoisotopic (exact) mass is 302 g/mol. The highest BCUT2D eigenvalue weighted by molar-refractivity contribution is 7.74. The second kappa shape index (κ2) is 5.76. The van der Waals surface area contributed by atoms with Crippen LogP contribution in [-0.2, 0) is 4.57 Å². The van der Waals surface area contributed by atoms with Crippen molar-refractivity contribution in [3.8, 4) is 0 Å². The van der Waals surface area contributed by atoms with Gasteiger partial charge in [-0.05, 0) is 13.0 Å². The van der Waals surface area contributed by atoms with Gasteiger partial charge in [0.1, 0.15) is 11.1 Å². The van der Waals surface area contributed by atoms with Crippen LogP contribution in [0.1, 0.15) is 6.92 Å². The Hall–Kier alpha value is -2.32. The summed E-state index contributed by atoms with van der Waals surface area (Å²) < 4.78 is 11.3. The lowest BCUT2D eigenvalue weighted by Gasteiger charge is -2.06. The molecule has 0 radical (unpaired) electrons. The Balaban J connectivity index is 3.17. The summed E-state index contributed by atoms with van der Waals surface area (Å²) in [6.45, 7) is 2.35. The Morgan fingerprint density at radius 3 is 2.40 bits per heavy atom. The molecule has 0 saturated heterocycles. The molecule has 0 bridgehead atoms. The van der Waals surface area contributed by atoms with Crippen molar-refractivity contribution in [3.05, 3.63) is 38.4 Å². The van der Waals surface area contributed by atoms with E-state index < -0.39 is 28.6 Å². The molecule has 1 unspecified atom stereocenters. The van der Waals surface area contributed by atoms with E-state index in [1.807, 2.05) is 0 Å². The van der Waals surface area contributed by atoms with E-state index in [0.29, 0.717) is 0 Å². The molecule has 0 aromatic heterocycles. The summed E-state index contributed by atoms with van der Waals surface area (Å²) in [6, 6.07) is 2.94. The average molecular weight is 302 g/mol. The molecule has 10 nitrogen and oxygen atoms in total. The molecule has 108 valence electrons. The van der Waals surface area contributed by atoms with Crippen LogP contribution >= 0.6 is 7.37 Å². The first-order valence-corrected chi connectivity index (χ1v) is 7.27. The zero-order valence-electron chi connectivity index (χ0n) is 10.5. The molecule has 0 amide bonds. The van der Waals surface area contributed by atoms with Crippen molar-refractivity contribution in [2.75, 3.05) is 12.1 Å². The van der Waals surface area contributed by atoms with Gasteiger partial charge in [-0.1, -0.05) is 0 Å². The number of nitrogens with one attached hydrogen (secondary N) is 1. The number of hydrazone groups is 1. The van der Waals surface area contributed by atoms with Crippen LogP contribution in [0.3, 0.4) is 0 Å². The van der Waals surface area contributed by atoms with Crippen molar-refractivity contribution in [1.82, 2.24) is 0 Å². The van der Waals surface area contributed by atoms with Gasteiger partial charge < -0.3 is 4.89 Å². The Kier molecular flexibility index (Phi) is 4.53. The van der Waals surface area contributed by atoms with Gasteiger partial charge in [-0.3, -0.25) is 30.2 Å². The number of nitrogens with zero attached hydrogens (tertiary/aromatic N) is 3. The average Bonchev–Trinajstić information content (AvgIpc) is 2.34. The van der Waals surface area contributed by atoms with Gasteiger partial charge in [0.05, 0.1) is 15.9 Å². The molecule has 0 fully saturated rings. The number of non-ortho nitro benzene ring substituents is 1. The third-order valence-corrected chi connectivity index (χ3v) is 3.63. The SMILES string of the molecule is CC(=NNc1ccc([N+](=O)[O-])cc1[N+](=O)[O-])P(C)(=O)O. The topological polar surface area (TPSA) is 148 Å². The molecule has 0 aliphatic heterocycles. The third kappa shape index (κ3) is 3.84. The third-order valence-electron chi connectivity index (χ3n) is 2.33. The largest absolute Gasteiger partial charge is 0.340 e. The van der Waals surface area contributed by atoms with Crippen molar-refractivity contribution in [2.24, 2.45) is 5.10 Å². The number of anilines is 1. The predicted octanol–water partition coefficient (Wildman–Crippen LogP) is 2.15. The molecule has 0 heterocycles. The fraction of sp³-hybridized carbons (Fsp3) is 0.222. The number of nitro benzene ring substituents is 2. The van der Waals surface area contributed by atoms with Crippen LogP contribution in [0.25, 0.3) is 0 Å². The molecule has 20 heavy (non-hydrogen) atoms. The summed E-state index contributed by atoms with van der Waals surface area (Å²) in [5, 5.41) is 24.9. The van der Waals surface area contributed by atoms with Crippen LogP contribution in [0.2, 0.25) is 0 Å². The molecule has 0 aliphatic rings. The van der Waals surface area contributed by atoms with Crippen LogP contribution < -0.4 is 5.43 Å². The van der Waals surface area contributed by atoms with Crippen molar-refractivity contribution < 1.29 is 19.3 Å². The van der Waals surface area contributed by atoms with Crippen LogP contribution in [0.5, 0.6) is 0 Å². The number of rotatable bonds is 5. The van der Waals surface area contributed by atoms with E-state index in [1.54, 1.807) is 0 Å². The Morgan fingerprint density at radius 2 is 1.95 bits per heavy atom. The van der Waals surface area contributed by atoms with Crippen LogP contribution in [0, 0.1) is 20.2 Å². The maximum Gasteiger partial charge on any atom is 0.301 e. The van der Waals surface area contributed by atoms with Crippen molar-refractivity contribution in [3.63, 3.8) is 0 Å². The van der Waals surface area contributed by atoms with Crippen LogP contribution in [0.15, 0.2) is 23.3 Å². The first kappa shape index (κ1) is 15.7. The zero-order chi connectivity index (χ0) is 15.5. The minimum Gasteiger partial charge on any atom is -0.340 e. The molecule has 11 heteroatoms. The van der Waals surface area contributed by atoms with Crippen LogP contribution in [0.4, 0.5) is 17.1 Å². The summed E-state index contributed by atoms with van der Waals surface area (Å²) in [6.07, 6.45) is 0. The number of hydrogen-bond acceptors (Lipinski definition) is 7. The summed E-state index contributed by atoms with van der Waals surface area (Å²) in [7, 11) is -3.55. The normalized spacial score (nSPS) is 14.4. The molecule has 0 spiro atoms. The number of nitro groups is 2. The van der Waals surface area contributed by atoms with Gasteiger partial charge in [0.2, 0.25) is 7.37 Å². The molecular formula is C9H11N4O6P. The Morgan fingerprint density at radius 1 is 1.35 bits per heavy atom. The molecule has 2 N–H and O–H groups in total. The van der Waals surface area contributed by atoms with Gasteiger partial charge in [-0.25, -0.2) is 0 Å². The van der Waals surface area contributed by atoms with E-state index in [0.717, 1.165) is 24.9 Å². The number of benzene rings is 1. The predicted molar refractivity (Wildman–Crippen MR) is 72.2 cm³/mol. The Bertz CT molecular complexity index is 637. The second-order valence-corrected chi connectivity index (χ2v) is 6.27. The van der Waals surface area contributed by atoms with Crippen molar-refractivity contribution in [2.45, 2.75) is 6.92 Å². The summed E-state index contributed by atoms with van der Waals surface area (Å²) in [5.41, 5.74) is 1.01. The van der Waals surface area contributed by atoms with Crippen LogP contribution in [-0.4, -0.2) is 26.9 Å². The van der Waals surface area contributed by atoms with E-state index in [9.17, 15) is 29.7 Å². The molecule has 1 aromatic carbocycles. The summed E-state index contributed by atoms with van der Waals surface area (Å²) >= 11 is 0. The minimum absolute atomic E-state index is 0.117. The second-order valence-electron chi connectivity index (χ2n) is 3.87. The van der Waals surface area contributed by atoms with Gasteiger partial charge in [0.15, 0.2) is 0 Å². The van der Waals surface area contributed by atoms with Gasteiger partial charge >= 0.3 is 5.69 Å². The maximum atomic E-state index is 11.3. The maximum absolute atomic E-state index is 11.3. The molecule has 1 aromatic rings. The Labute approximate surface area is 112 Å². The lowest BCUT2D eigenvalue weighted by Crippen LogP contribution is -2.01. The summed E-state index contributed by atoms with van der Waals surface area (Å²) in [5.74, 6) is 0. The lowest BCUT2D eigenvalue weighted by atomic mass is 10.2. The molecule has 1 rings (SSSR count). The fourth-order valence-electron chi connectivity index (χ4n) is 1.11. The van der Waals surface area contributed by atoms with Gasteiger partial charge in [-0.2, -0.15) is 5.10 Å². The highest BCUT2D eigenvalue weighted by Crippen LogP contribution is 2.37. The summed E-state index contributed by atoms with van der Waals surface area (Å²) in [4.78, 5) is 29.0. The van der Waals surface area contributed by atoms with E-state index in [4.69, 9.17) is 0 Å². The first-order valence-electron chi connectivity index (χ1n) is 5.17. The minimum atomic E-state index is -3.55.